The number of nitrogens with zero attached hydrogens (tertiary/aromatic N) is 3. The van der Waals surface area contributed by atoms with Gasteiger partial charge >= 0.3 is 0 Å². The van der Waals surface area contributed by atoms with Gasteiger partial charge in [-0.05, 0) is 25.7 Å². The summed E-state index contributed by atoms with van der Waals surface area (Å²) in [4.78, 5) is 22.9. The molecule has 1 aromatic rings. The van der Waals surface area contributed by atoms with Crippen LogP contribution in [0.4, 0.5) is 5.82 Å². The Morgan fingerprint density at radius 3 is 2.70 bits per heavy atom. The van der Waals surface area contributed by atoms with Gasteiger partial charge in [-0.3, -0.25) is 4.79 Å². The maximum Gasteiger partial charge on any atom is 0.220 e. The largest absolute Gasteiger partial charge is 0.357 e. The molecule has 2 heterocycles. The van der Waals surface area contributed by atoms with Gasteiger partial charge in [0.1, 0.15) is 11.6 Å². The normalized spacial score (nSPS) is 14.9. The van der Waals surface area contributed by atoms with E-state index in [1.165, 1.54) is 12.8 Å². The maximum atomic E-state index is 11.7. The monoisotopic (exact) mass is 276 g/mol. The highest BCUT2D eigenvalue weighted by Gasteiger charge is 2.15. The standard InChI is InChI=1S/C15H24N4O/c1-11(2)8-15(20)16-10-13-17-12(3)9-14(18-13)19-6-4-5-7-19/h9,11H,4-8,10H2,1-3H3,(H,16,20). The minimum atomic E-state index is 0.0628. The molecular weight excluding hydrogens is 252 g/mol. The fourth-order valence-corrected chi connectivity index (χ4v) is 2.42. The van der Waals surface area contributed by atoms with Crippen molar-refractivity contribution in [3.05, 3.63) is 17.6 Å². The lowest BCUT2D eigenvalue weighted by atomic mass is 10.1. The van der Waals surface area contributed by atoms with Gasteiger partial charge in [-0.15, -0.1) is 0 Å². The Labute approximate surface area is 120 Å². The Morgan fingerprint density at radius 2 is 2.05 bits per heavy atom. The second-order valence-electron chi connectivity index (χ2n) is 5.85. The van der Waals surface area contributed by atoms with E-state index in [2.05, 4.69) is 20.2 Å². The average Bonchev–Trinajstić information content (AvgIpc) is 2.89. The summed E-state index contributed by atoms with van der Waals surface area (Å²) in [5, 5.41) is 2.89. The lowest BCUT2D eigenvalue weighted by molar-refractivity contribution is -0.122. The van der Waals surface area contributed by atoms with Gasteiger partial charge in [-0.25, -0.2) is 9.97 Å². The van der Waals surface area contributed by atoms with Crippen molar-refractivity contribution >= 4 is 11.7 Å². The van der Waals surface area contributed by atoms with Crippen molar-refractivity contribution < 1.29 is 4.79 Å². The average molecular weight is 276 g/mol. The van der Waals surface area contributed by atoms with Gasteiger partial charge < -0.3 is 10.2 Å². The molecule has 1 aliphatic rings. The van der Waals surface area contributed by atoms with Gasteiger partial charge in [0.25, 0.3) is 0 Å². The van der Waals surface area contributed by atoms with Gasteiger partial charge in [-0.1, -0.05) is 13.8 Å². The molecule has 0 unspecified atom stereocenters. The summed E-state index contributed by atoms with van der Waals surface area (Å²) in [6.07, 6.45) is 3.00. The number of hydrogen-bond acceptors (Lipinski definition) is 4. The first kappa shape index (κ1) is 14.8. The summed E-state index contributed by atoms with van der Waals surface area (Å²) in [6.45, 7) is 8.59. The van der Waals surface area contributed by atoms with E-state index in [1.807, 2.05) is 26.8 Å². The van der Waals surface area contributed by atoms with E-state index >= 15 is 0 Å². The molecule has 1 amide bonds. The minimum absolute atomic E-state index is 0.0628. The van der Waals surface area contributed by atoms with Crippen molar-refractivity contribution in [3.63, 3.8) is 0 Å². The number of anilines is 1. The highest BCUT2D eigenvalue weighted by Crippen LogP contribution is 2.18. The van der Waals surface area contributed by atoms with Crippen LogP contribution in [-0.4, -0.2) is 29.0 Å². The van der Waals surface area contributed by atoms with Crippen LogP contribution in [0.5, 0.6) is 0 Å². The summed E-state index contributed by atoms with van der Waals surface area (Å²) < 4.78 is 0. The van der Waals surface area contributed by atoms with Crippen molar-refractivity contribution in [2.24, 2.45) is 5.92 Å². The van der Waals surface area contributed by atoms with Crippen LogP contribution in [-0.2, 0) is 11.3 Å². The number of aromatic nitrogens is 2. The zero-order chi connectivity index (χ0) is 14.5. The molecule has 1 aromatic heterocycles. The van der Waals surface area contributed by atoms with Gasteiger partial charge in [0.2, 0.25) is 5.91 Å². The molecule has 0 aromatic carbocycles. The lowest BCUT2D eigenvalue weighted by Gasteiger charge is -2.17. The van der Waals surface area contributed by atoms with Crippen LogP contribution < -0.4 is 10.2 Å². The number of amides is 1. The maximum absolute atomic E-state index is 11.7. The molecule has 1 N–H and O–H groups in total. The number of nitrogens with one attached hydrogen (secondary N) is 1. The van der Waals surface area contributed by atoms with E-state index in [0.717, 1.165) is 24.6 Å². The molecule has 110 valence electrons. The second kappa shape index (κ2) is 6.68. The molecule has 0 radical (unpaired) electrons. The third-order valence-electron chi connectivity index (χ3n) is 3.35. The predicted octanol–water partition coefficient (Wildman–Crippen LogP) is 2.05. The first-order valence-electron chi connectivity index (χ1n) is 7.41. The number of rotatable bonds is 5. The van der Waals surface area contributed by atoms with Crippen LogP contribution in [0.3, 0.4) is 0 Å². The second-order valence-corrected chi connectivity index (χ2v) is 5.85. The predicted molar refractivity (Wildman–Crippen MR) is 79.5 cm³/mol. The third kappa shape index (κ3) is 4.18. The molecule has 1 saturated heterocycles. The Morgan fingerprint density at radius 1 is 1.35 bits per heavy atom. The van der Waals surface area contributed by atoms with Crippen LogP contribution in [0.15, 0.2) is 6.07 Å². The number of carbonyl (C=O) groups is 1. The highest BCUT2D eigenvalue weighted by molar-refractivity contribution is 5.75. The smallest absolute Gasteiger partial charge is 0.220 e. The van der Waals surface area contributed by atoms with Crippen LogP contribution in [0.25, 0.3) is 0 Å². The van der Waals surface area contributed by atoms with Gasteiger partial charge in [0.15, 0.2) is 0 Å². The topological polar surface area (TPSA) is 58.1 Å². The Kier molecular flexibility index (Phi) is 4.93. The van der Waals surface area contributed by atoms with E-state index in [0.29, 0.717) is 24.7 Å². The first-order valence-corrected chi connectivity index (χ1v) is 7.41. The summed E-state index contributed by atoms with van der Waals surface area (Å²) in [5.41, 5.74) is 0.954. The van der Waals surface area contributed by atoms with Crippen LogP contribution in [0.1, 0.15) is 44.6 Å². The van der Waals surface area contributed by atoms with E-state index in [1.54, 1.807) is 0 Å². The summed E-state index contributed by atoms with van der Waals surface area (Å²) in [5.74, 6) is 2.12. The van der Waals surface area contributed by atoms with Crippen LogP contribution >= 0.6 is 0 Å². The molecule has 0 spiro atoms. The molecule has 0 aliphatic carbocycles. The SMILES string of the molecule is Cc1cc(N2CCCC2)nc(CNC(=O)CC(C)C)n1. The molecule has 20 heavy (non-hydrogen) atoms. The summed E-state index contributed by atoms with van der Waals surface area (Å²) in [6, 6.07) is 2.02. The molecule has 2 rings (SSSR count). The molecule has 0 saturated carbocycles. The fraction of sp³-hybridized carbons (Fsp3) is 0.667. The quantitative estimate of drug-likeness (QED) is 0.894. The molecule has 1 fully saturated rings. The number of aryl methyl sites for hydroxylation is 1. The van der Waals surface area contributed by atoms with Gasteiger partial charge in [0.05, 0.1) is 6.54 Å². The molecule has 0 atom stereocenters. The van der Waals surface area contributed by atoms with Crippen molar-refractivity contribution in [2.45, 2.75) is 46.6 Å². The van der Waals surface area contributed by atoms with Crippen molar-refractivity contribution in [3.8, 4) is 0 Å². The van der Waals surface area contributed by atoms with Crippen molar-refractivity contribution in [1.82, 2.24) is 15.3 Å². The van der Waals surface area contributed by atoms with Gasteiger partial charge in [0, 0.05) is 31.3 Å². The minimum Gasteiger partial charge on any atom is -0.357 e. The zero-order valence-corrected chi connectivity index (χ0v) is 12.6. The van der Waals surface area contributed by atoms with Crippen molar-refractivity contribution in [2.75, 3.05) is 18.0 Å². The molecule has 5 heteroatoms. The lowest BCUT2D eigenvalue weighted by Crippen LogP contribution is -2.26. The molecule has 0 bridgehead atoms. The third-order valence-corrected chi connectivity index (χ3v) is 3.35. The van der Waals surface area contributed by atoms with Crippen LogP contribution in [0.2, 0.25) is 0 Å². The Bertz CT molecular complexity index is 467. The number of carbonyl (C=O) groups excluding carboxylic acids is 1. The summed E-state index contributed by atoms with van der Waals surface area (Å²) >= 11 is 0. The number of hydrogen-bond donors (Lipinski definition) is 1. The highest BCUT2D eigenvalue weighted by atomic mass is 16.1. The Hall–Kier alpha value is -1.65. The Balaban J connectivity index is 1.99. The van der Waals surface area contributed by atoms with E-state index in [4.69, 9.17) is 0 Å². The van der Waals surface area contributed by atoms with E-state index < -0.39 is 0 Å². The van der Waals surface area contributed by atoms with E-state index in [-0.39, 0.29) is 5.91 Å². The molecular formula is C15H24N4O. The molecule has 1 aliphatic heterocycles. The fourth-order valence-electron chi connectivity index (χ4n) is 2.42. The first-order chi connectivity index (χ1) is 9.54. The zero-order valence-electron chi connectivity index (χ0n) is 12.6. The summed E-state index contributed by atoms with van der Waals surface area (Å²) in [7, 11) is 0. The van der Waals surface area contributed by atoms with Gasteiger partial charge in [-0.2, -0.15) is 0 Å². The van der Waals surface area contributed by atoms with Crippen molar-refractivity contribution in [1.29, 1.82) is 0 Å². The molecule has 5 nitrogen and oxygen atoms in total. The van der Waals surface area contributed by atoms with Crippen LogP contribution in [0, 0.1) is 12.8 Å². The van der Waals surface area contributed by atoms with E-state index in [9.17, 15) is 4.79 Å².